The van der Waals surface area contributed by atoms with Gasteiger partial charge in [-0.2, -0.15) is 13.2 Å². The van der Waals surface area contributed by atoms with Crippen LogP contribution in [0.2, 0.25) is 5.02 Å². The van der Waals surface area contributed by atoms with Crippen molar-refractivity contribution in [3.8, 4) is 11.3 Å². The highest BCUT2D eigenvalue weighted by Gasteiger charge is 2.35. The summed E-state index contributed by atoms with van der Waals surface area (Å²) in [5.74, 6) is -0.294. The average Bonchev–Trinajstić information content (AvgIpc) is 2.84. The van der Waals surface area contributed by atoms with Gasteiger partial charge in [-0.15, -0.1) is 0 Å². The lowest BCUT2D eigenvalue weighted by molar-refractivity contribution is -0.384. The van der Waals surface area contributed by atoms with Crippen LogP contribution in [0.15, 0.2) is 28.7 Å². The summed E-state index contributed by atoms with van der Waals surface area (Å²) in [5.41, 5.74) is -2.42. The maximum Gasteiger partial charge on any atom is 0.416 e. The highest BCUT2D eigenvalue weighted by Crippen LogP contribution is 2.42. The predicted molar refractivity (Wildman–Crippen MR) is 66.2 cm³/mol. The van der Waals surface area contributed by atoms with E-state index < -0.39 is 27.4 Å². The van der Waals surface area contributed by atoms with E-state index in [1.165, 1.54) is 12.1 Å². The van der Waals surface area contributed by atoms with Crippen LogP contribution in [0.3, 0.4) is 0 Å². The molecule has 0 aliphatic carbocycles. The van der Waals surface area contributed by atoms with E-state index in [2.05, 4.69) is 0 Å². The van der Waals surface area contributed by atoms with Gasteiger partial charge in [0.15, 0.2) is 12.0 Å². The summed E-state index contributed by atoms with van der Waals surface area (Å²) < 4.78 is 42.9. The first kappa shape index (κ1) is 15.0. The van der Waals surface area contributed by atoms with Crippen molar-refractivity contribution in [2.75, 3.05) is 0 Å². The fourth-order valence-corrected chi connectivity index (χ4v) is 2.00. The molecule has 9 heteroatoms. The largest absolute Gasteiger partial charge is 0.453 e. The normalized spacial score (nSPS) is 11.4. The van der Waals surface area contributed by atoms with E-state index in [-0.39, 0.29) is 17.1 Å². The van der Waals surface area contributed by atoms with E-state index in [9.17, 15) is 28.1 Å². The first-order valence-electron chi connectivity index (χ1n) is 5.34. The smallest absolute Gasteiger partial charge is 0.416 e. The number of halogens is 4. The van der Waals surface area contributed by atoms with Gasteiger partial charge >= 0.3 is 6.18 Å². The number of nitrogens with zero attached hydrogens (tertiary/aromatic N) is 1. The molecule has 0 saturated carbocycles. The van der Waals surface area contributed by atoms with Gasteiger partial charge in [0.25, 0.3) is 5.69 Å². The molecule has 5 nitrogen and oxygen atoms in total. The van der Waals surface area contributed by atoms with Crippen molar-refractivity contribution in [3.05, 3.63) is 50.7 Å². The molecule has 110 valence electrons. The van der Waals surface area contributed by atoms with Crippen molar-refractivity contribution < 1.29 is 27.3 Å². The van der Waals surface area contributed by atoms with Crippen LogP contribution in [0.5, 0.6) is 0 Å². The lowest BCUT2D eigenvalue weighted by atomic mass is 10.1. The minimum atomic E-state index is -4.77. The topological polar surface area (TPSA) is 73.3 Å². The molecule has 0 bridgehead atoms. The van der Waals surface area contributed by atoms with Gasteiger partial charge in [-0.25, -0.2) is 0 Å². The van der Waals surface area contributed by atoms with Crippen molar-refractivity contribution in [1.82, 2.24) is 0 Å². The first-order valence-corrected chi connectivity index (χ1v) is 5.72. The molecule has 2 rings (SSSR count). The Labute approximate surface area is 120 Å². The molecule has 1 aromatic heterocycles. The number of furan rings is 1. The fraction of sp³-hybridized carbons (Fsp3) is 0.0833. The Balaban J connectivity index is 2.70. The third-order valence-electron chi connectivity index (χ3n) is 2.58. The molecule has 1 heterocycles. The first-order chi connectivity index (χ1) is 9.74. The number of nitro benzene ring substituents is 1. The lowest BCUT2D eigenvalue weighted by Gasteiger charge is -2.09. The number of aldehydes is 1. The van der Waals surface area contributed by atoms with Crippen LogP contribution in [0.4, 0.5) is 18.9 Å². The molecular weight excluding hydrogens is 315 g/mol. The van der Waals surface area contributed by atoms with Crippen molar-refractivity contribution in [2.45, 2.75) is 6.18 Å². The number of benzene rings is 1. The van der Waals surface area contributed by atoms with E-state index in [1.807, 2.05) is 0 Å². The molecule has 2 aromatic rings. The molecular formula is C12H5ClF3NO4. The molecule has 1 aromatic carbocycles. The Kier molecular flexibility index (Phi) is 3.73. The number of rotatable bonds is 3. The Morgan fingerprint density at radius 3 is 2.43 bits per heavy atom. The molecule has 0 aliphatic heterocycles. The van der Waals surface area contributed by atoms with Crippen LogP contribution in [-0.4, -0.2) is 11.2 Å². The molecule has 0 fully saturated rings. The van der Waals surface area contributed by atoms with Gasteiger partial charge in [0.05, 0.1) is 15.5 Å². The van der Waals surface area contributed by atoms with Crippen LogP contribution < -0.4 is 0 Å². The summed E-state index contributed by atoms with van der Waals surface area (Å²) >= 11 is 5.72. The quantitative estimate of drug-likeness (QED) is 0.479. The number of nitro groups is 1. The highest BCUT2D eigenvalue weighted by atomic mass is 35.5. The molecule has 0 aliphatic rings. The summed E-state index contributed by atoms with van der Waals surface area (Å²) in [4.78, 5) is 20.5. The van der Waals surface area contributed by atoms with Crippen LogP contribution in [0, 0.1) is 10.1 Å². The van der Waals surface area contributed by atoms with Crippen molar-refractivity contribution >= 4 is 23.6 Å². The number of carbonyl (C=O) groups excluding carboxylic acids is 1. The zero-order valence-corrected chi connectivity index (χ0v) is 10.7. The standard InChI is InChI=1S/C12H5ClF3NO4/c13-8-3-6(12(14,15)16)4-9(17(19)20)11(8)10-2-1-7(5-18)21-10/h1-5H. The summed E-state index contributed by atoms with van der Waals surface area (Å²) in [5, 5.41) is 10.5. The van der Waals surface area contributed by atoms with Crippen molar-refractivity contribution in [2.24, 2.45) is 0 Å². The van der Waals surface area contributed by atoms with Gasteiger partial charge in [-0.05, 0) is 18.2 Å². The third kappa shape index (κ3) is 2.89. The minimum Gasteiger partial charge on any atom is -0.453 e. The maximum absolute atomic E-state index is 12.7. The molecule has 0 radical (unpaired) electrons. The Bertz CT molecular complexity index is 724. The van der Waals surface area contributed by atoms with Gasteiger partial charge in [0.1, 0.15) is 11.3 Å². The summed E-state index contributed by atoms with van der Waals surface area (Å²) in [6, 6.07) is 3.36. The van der Waals surface area contributed by atoms with E-state index in [0.717, 1.165) is 0 Å². The second-order valence-corrected chi connectivity index (χ2v) is 4.33. The average molecular weight is 320 g/mol. The SMILES string of the molecule is O=Cc1ccc(-c2c(Cl)cc(C(F)(F)F)cc2[N+](=O)[O-])o1. The molecule has 0 N–H and O–H groups in total. The van der Waals surface area contributed by atoms with Crippen LogP contribution >= 0.6 is 11.6 Å². The zero-order valence-electron chi connectivity index (χ0n) is 9.98. The maximum atomic E-state index is 12.7. The van der Waals surface area contributed by atoms with Gasteiger partial charge in [-0.1, -0.05) is 11.6 Å². The predicted octanol–water partition coefficient (Wildman–Crippen LogP) is 4.34. The van der Waals surface area contributed by atoms with Crippen molar-refractivity contribution in [1.29, 1.82) is 0 Å². The van der Waals surface area contributed by atoms with Crippen molar-refractivity contribution in [3.63, 3.8) is 0 Å². The zero-order chi connectivity index (χ0) is 15.8. The summed E-state index contributed by atoms with van der Waals surface area (Å²) in [7, 11) is 0. The van der Waals surface area contributed by atoms with Crippen LogP contribution in [-0.2, 0) is 6.18 Å². The lowest BCUT2D eigenvalue weighted by Crippen LogP contribution is -2.06. The Morgan fingerprint density at radius 1 is 1.29 bits per heavy atom. The van der Waals surface area contributed by atoms with E-state index in [0.29, 0.717) is 18.4 Å². The van der Waals surface area contributed by atoms with Crippen LogP contribution in [0.1, 0.15) is 16.1 Å². The number of carbonyl (C=O) groups is 1. The van der Waals surface area contributed by atoms with E-state index in [1.54, 1.807) is 0 Å². The number of hydrogen-bond acceptors (Lipinski definition) is 4. The second-order valence-electron chi connectivity index (χ2n) is 3.93. The Morgan fingerprint density at radius 2 is 1.95 bits per heavy atom. The minimum absolute atomic E-state index is 0.129. The molecule has 0 atom stereocenters. The third-order valence-corrected chi connectivity index (χ3v) is 2.88. The van der Waals surface area contributed by atoms with Crippen LogP contribution in [0.25, 0.3) is 11.3 Å². The highest BCUT2D eigenvalue weighted by molar-refractivity contribution is 6.33. The molecule has 21 heavy (non-hydrogen) atoms. The van der Waals surface area contributed by atoms with E-state index >= 15 is 0 Å². The molecule has 0 amide bonds. The van der Waals surface area contributed by atoms with Gasteiger partial charge in [0, 0.05) is 6.07 Å². The monoisotopic (exact) mass is 319 g/mol. The molecule has 0 unspecified atom stereocenters. The summed E-state index contributed by atoms with van der Waals surface area (Å²) in [6.07, 6.45) is -4.42. The van der Waals surface area contributed by atoms with Gasteiger partial charge in [-0.3, -0.25) is 14.9 Å². The number of hydrogen-bond donors (Lipinski definition) is 0. The van der Waals surface area contributed by atoms with Gasteiger partial charge in [0.2, 0.25) is 0 Å². The second kappa shape index (κ2) is 5.21. The fourth-order valence-electron chi connectivity index (χ4n) is 1.69. The van der Waals surface area contributed by atoms with E-state index in [4.69, 9.17) is 16.0 Å². The molecule has 0 spiro atoms. The Hall–Kier alpha value is -2.35. The number of alkyl halides is 3. The van der Waals surface area contributed by atoms with Gasteiger partial charge < -0.3 is 4.42 Å². The summed E-state index contributed by atoms with van der Waals surface area (Å²) in [6.45, 7) is 0. The molecule has 0 saturated heterocycles.